The van der Waals surface area contributed by atoms with Crippen molar-refractivity contribution in [3.63, 3.8) is 0 Å². The van der Waals surface area contributed by atoms with Crippen molar-refractivity contribution in [3.8, 4) is 0 Å². The van der Waals surface area contributed by atoms with Gasteiger partial charge in [-0.1, -0.05) is 0 Å². The van der Waals surface area contributed by atoms with E-state index in [0.29, 0.717) is 12.4 Å². The lowest BCUT2D eigenvalue weighted by molar-refractivity contribution is 0.131. The normalized spacial score (nSPS) is 10.8. The van der Waals surface area contributed by atoms with Gasteiger partial charge >= 0.3 is 12.2 Å². The van der Waals surface area contributed by atoms with E-state index in [1.165, 1.54) is 0 Å². The van der Waals surface area contributed by atoms with Crippen molar-refractivity contribution < 1.29 is 19.1 Å². The second-order valence-corrected chi connectivity index (χ2v) is 5.81. The minimum atomic E-state index is -0.549. The number of nitrogens with zero attached hydrogens (tertiary/aromatic N) is 1. The summed E-state index contributed by atoms with van der Waals surface area (Å²) >= 11 is 0. The van der Waals surface area contributed by atoms with Gasteiger partial charge in [0.1, 0.15) is 12.4 Å². The first-order chi connectivity index (χ1) is 10.2. The molecule has 1 heterocycles. The van der Waals surface area contributed by atoms with Crippen molar-refractivity contribution >= 4 is 18.0 Å². The standard InChI is InChI=1S/C15H23N3O4/c1-6-21-13(19)17-12-10(2)7-11(8-16-12)9-22-14(20)18-15(3,4)5/h7-8H,6,9H2,1-5H3,(H,18,20)(H,16,17,19). The minimum Gasteiger partial charge on any atom is -0.450 e. The van der Waals surface area contributed by atoms with Crippen LogP contribution in [0.1, 0.15) is 38.8 Å². The van der Waals surface area contributed by atoms with Gasteiger partial charge in [-0.15, -0.1) is 0 Å². The number of rotatable bonds is 4. The summed E-state index contributed by atoms with van der Waals surface area (Å²) in [5, 5.41) is 5.24. The Morgan fingerprint density at radius 3 is 2.45 bits per heavy atom. The number of hydrogen-bond acceptors (Lipinski definition) is 5. The second kappa shape index (κ2) is 7.63. The van der Waals surface area contributed by atoms with E-state index in [0.717, 1.165) is 11.1 Å². The van der Waals surface area contributed by atoms with E-state index in [-0.39, 0.29) is 12.1 Å². The molecular weight excluding hydrogens is 286 g/mol. The Balaban J connectivity index is 2.58. The number of nitrogens with one attached hydrogen (secondary N) is 2. The lowest BCUT2D eigenvalue weighted by Crippen LogP contribution is -2.40. The number of hydrogen-bond donors (Lipinski definition) is 2. The molecule has 0 saturated carbocycles. The molecule has 0 aromatic carbocycles. The quantitative estimate of drug-likeness (QED) is 0.892. The summed E-state index contributed by atoms with van der Waals surface area (Å²) in [6.45, 7) is 9.53. The zero-order chi connectivity index (χ0) is 16.8. The van der Waals surface area contributed by atoms with E-state index >= 15 is 0 Å². The van der Waals surface area contributed by atoms with Crippen molar-refractivity contribution in [1.82, 2.24) is 10.3 Å². The van der Waals surface area contributed by atoms with E-state index in [1.54, 1.807) is 26.1 Å². The summed E-state index contributed by atoms with van der Waals surface area (Å²) in [7, 11) is 0. The molecule has 2 N–H and O–H groups in total. The smallest absolute Gasteiger partial charge is 0.412 e. The molecule has 0 aliphatic carbocycles. The molecule has 1 aromatic heterocycles. The number of ether oxygens (including phenoxy) is 2. The van der Waals surface area contributed by atoms with Gasteiger partial charge in [-0.3, -0.25) is 5.32 Å². The van der Waals surface area contributed by atoms with Gasteiger partial charge in [0, 0.05) is 17.3 Å². The molecule has 1 aromatic rings. The minimum absolute atomic E-state index is 0.107. The van der Waals surface area contributed by atoms with Gasteiger partial charge in [-0.25, -0.2) is 14.6 Å². The Kier molecular flexibility index (Phi) is 6.15. The van der Waals surface area contributed by atoms with Crippen LogP contribution in [0.3, 0.4) is 0 Å². The molecule has 2 amide bonds. The van der Waals surface area contributed by atoms with Gasteiger partial charge in [-0.2, -0.15) is 0 Å². The number of anilines is 1. The van der Waals surface area contributed by atoms with Crippen molar-refractivity contribution in [2.45, 2.75) is 46.8 Å². The molecule has 7 heteroatoms. The average molecular weight is 309 g/mol. The SMILES string of the molecule is CCOC(=O)Nc1ncc(COC(=O)NC(C)(C)C)cc1C. The highest BCUT2D eigenvalue weighted by atomic mass is 16.6. The molecule has 0 aliphatic heterocycles. The molecule has 0 fully saturated rings. The maximum atomic E-state index is 11.6. The van der Waals surface area contributed by atoms with Gasteiger partial charge in [-0.05, 0) is 46.2 Å². The van der Waals surface area contributed by atoms with Crippen LogP contribution in [-0.2, 0) is 16.1 Å². The molecule has 0 aliphatic rings. The van der Waals surface area contributed by atoms with Crippen molar-refractivity contribution in [2.75, 3.05) is 11.9 Å². The fourth-order valence-corrected chi connectivity index (χ4v) is 1.60. The maximum Gasteiger partial charge on any atom is 0.412 e. The lowest BCUT2D eigenvalue weighted by atomic mass is 10.1. The van der Waals surface area contributed by atoms with E-state index in [1.807, 2.05) is 20.8 Å². The second-order valence-electron chi connectivity index (χ2n) is 5.81. The zero-order valence-corrected chi connectivity index (χ0v) is 13.6. The summed E-state index contributed by atoms with van der Waals surface area (Å²) in [4.78, 5) is 27.0. The third-order valence-electron chi connectivity index (χ3n) is 2.48. The van der Waals surface area contributed by atoms with E-state index in [2.05, 4.69) is 15.6 Å². The third kappa shape index (κ3) is 6.43. The lowest BCUT2D eigenvalue weighted by Gasteiger charge is -2.20. The highest BCUT2D eigenvalue weighted by Crippen LogP contribution is 2.14. The van der Waals surface area contributed by atoms with Crippen LogP contribution in [0.5, 0.6) is 0 Å². The number of aryl methyl sites for hydroxylation is 1. The molecule has 1 rings (SSSR count). The van der Waals surface area contributed by atoms with Gasteiger partial charge < -0.3 is 14.8 Å². The first-order valence-corrected chi connectivity index (χ1v) is 7.05. The fraction of sp³-hybridized carbons (Fsp3) is 0.533. The van der Waals surface area contributed by atoms with Crippen LogP contribution >= 0.6 is 0 Å². The molecule has 22 heavy (non-hydrogen) atoms. The Morgan fingerprint density at radius 1 is 1.23 bits per heavy atom. The molecule has 0 bridgehead atoms. The molecular formula is C15H23N3O4. The van der Waals surface area contributed by atoms with Crippen LogP contribution in [0.2, 0.25) is 0 Å². The first-order valence-electron chi connectivity index (χ1n) is 7.05. The molecule has 0 radical (unpaired) electrons. The Morgan fingerprint density at radius 2 is 1.91 bits per heavy atom. The number of amides is 2. The van der Waals surface area contributed by atoms with Gasteiger partial charge in [0.2, 0.25) is 0 Å². The van der Waals surface area contributed by atoms with Crippen LogP contribution < -0.4 is 10.6 Å². The van der Waals surface area contributed by atoms with Crippen LogP contribution in [0.4, 0.5) is 15.4 Å². The van der Waals surface area contributed by atoms with Crippen LogP contribution in [0.15, 0.2) is 12.3 Å². The Hall–Kier alpha value is -2.31. The number of carbonyl (C=O) groups excluding carboxylic acids is 2. The van der Waals surface area contributed by atoms with Crippen molar-refractivity contribution in [3.05, 3.63) is 23.4 Å². The molecule has 0 spiro atoms. The average Bonchev–Trinajstić information content (AvgIpc) is 2.37. The molecule has 7 nitrogen and oxygen atoms in total. The Bertz CT molecular complexity index is 538. The summed E-state index contributed by atoms with van der Waals surface area (Å²) < 4.78 is 9.91. The number of carbonyl (C=O) groups is 2. The maximum absolute atomic E-state index is 11.6. The molecule has 122 valence electrons. The van der Waals surface area contributed by atoms with Gasteiger partial charge in [0.15, 0.2) is 0 Å². The van der Waals surface area contributed by atoms with Crippen LogP contribution in [-0.4, -0.2) is 29.3 Å². The largest absolute Gasteiger partial charge is 0.450 e. The van der Waals surface area contributed by atoms with E-state index < -0.39 is 12.2 Å². The van der Waals surface area contributed by atoms with Crippen LogP contribution in [0, 0.1) is 6.92 Å². The zero-order valence-electron chi connectivity index (χ0n) is 13.6. The predicted molar refractivity (Wildman–Crippen MR) is 82.7 cm³/mol. The monoisotopic (exact) mass is 309 g/mol. The predicted octanol–water partition coefficient (Wildman–Crippen LogP) is 2.98. The number of aromatic nitrogens is 1. The highest BCUT2D eigenvalue weighted by molar-refractivity contribution is 5.84. The van der Waals surface area contributed by atoms with Gasteiger partial charge in [0.25, 0.3) is 0 Å². The van der Waals surface area contributed by atoms with Crippen molar-refractivity contribution in [1.29, 1.82) is 0 Å². The van der Waals surface area contributed by atoms with Crippen LogP contribution in [0.25, 0.3) is 0 Å². The summed E-state index contributed by atoms with van der Waals surface area (Å²) in [5.74, 6) is 0.418. The first kappa shape index (κ1) is 17.7. The third-order valence-corrected chi connectivity index (χ3v) is 2.48. The molecule has 0 unspecified atom stereocenters. The number of pyridine rings is 1. The Labute approximate surface area is 130 Å². The van der Waals surface area contributed by atoms with Crippen molar-refractivity contribution in [2.24, 2.45) is 0 Å². The fourth-order valence-electron chi connectivity index (χ4n) is 1.60. The van der Waals surface area contributed by atoms with Gasteiger partial charge in [0.05, 0.1) is 6.61 Å². The summed E-state index contributed by atoms with van der Waals surface area (Å²) in [6.07, 6.45) is 0.504. The number of alkyl carbamates (subject to hydrolysis) is 1. The molecule has 0 saturated heterocycles. The van der Waals surface area contributed by atoms with E-state index in [9.17, 15) is 9.59 Å². The highest BCUT2D eigenvalue weighted by Gasteiger charge is 2.15. The molecule has 0 atom stereocenters. The summed E-state index contributed by atoms with van der Waals surface area (Å²) in [5.41, 5.74) is 1.14. The topological polar surface area (TPSA) is 89.6 Å². The van der Waals surface area contributed by atoms with E-state index in [4.69, 9.17) is 9.47 Å². The summed E-state index contributed by atoms with van der Waals surface area (Å²) in [6, 6.07) is 1.79.